The third kappa shape index (κ3) is 5.00. The highest BCUT2D eigenvalue weighted by Crippen LogP contribution is 2.10. The minimum absolute atomic E-state index is 0.0377. The molecule has 1 aromatic carbocycles. The van der Waals surface area contributed by atoms with Crippen molar-refractivity contribution in [3.8, 4) is 0 Å². The van der Waals surface area contributed by atoms with Gasteiger partial charge in [-0.15, -0.1) is 0 Å². The number of carbonyl (C=O) groups excluding carboxylic acids is 1. The normalized spacial score (nSPS) is 12.5. The quantitative estimate of drug-likeness (QED) is 0.822. The standard InChI is InChI=1S/C14H22N2O/c1-10(2)11(3)15-9-13-5-7-14(8-6-13)16-12(4)17/h5-8,10-11,15H,9H2,1-4H3,(H,16,17)/t11-/m1/s1. The molecular formula is C14H22N2O. The Balaban J connectivity index is 2.48. The molecule has 1 aromatic rings. The SMILES string of the molecule is CC(=O)Nc1ccc(CN[C@H](C)C(C)C)cc1. The highest BCUT2D eigenvalue weighted by atomic mass is 16.1. The van der Waals surface area contributed by atoms with Crippen LogP contribution in [0.2, 0.25) is 0 Å². The van der Waals surface area contributed by atoms with E-state index in [1.165, 1.54) is 12.5 Å². The average molecular weight is 234 g/mol. The van der Waals surface area contributed by atoms with Crippen LogP contribution >= 0.6 is 0 Å². The van der Waals surface area contributed by atoms with E-state index >= 15 is 0 Å². The maximum atomic E-state index is 10.9. The number of hydrogen-bond donors (Lipinski definition) is 2. The fourth-order valence-electron chi connectivity index (χ4n) is 1.42. The number of carbonyl (C=O) groups is 1. The van der Waals surface area contributed by atoms with Crippen LogP contribution in [-0.4, -0.2) is 11.9 Å². The van der Waals surface area contributed by atoms with E-state index in [4.69, 9.17) is 0 Å². The molecule has 0 unspecified atom stereocenters. The molecule has 0 saturated heterocycles. The van der Waals surface area contributed by atoms with Crippen molar-refractivity contribution in [2.75, 3.05) is 5.32 Å². The molecular weight excluding hydrogens is 212 g/mol. The van der Waals surface area contributed by atoms with Crippen LogP contribution < -0.4 is 10.6 Å². The number of anilines is 1. The molecule has 3 heteroatoms. The Hall–Kier alpha value is -1.35. The minimum atomic E-state index is -0.0377. The Morgan fingerprint density at radius 3 is 2.24 bits per heavy atom. The second-order valence-electron chi connectivity index (χ2n) is 4.79. The molecule has 0 aromatic heterocycles. The van der Waals surface area contributed by atoms with Gasteiger partial charge in [-0.1, -0.05) is 26.0 Å². The Bertz CT molecular complexity index is 357. The summed E-state index contributed by atoms with van der Waals surface area (Å²) >= 11 is 0. The zero-order chi connectivity index (χ0) is 12.8. The predicted molar refractivity (Wildman–Crippen MR) is 71.9 cm³/mol. The summed E-state index contributed by atoms with van der Waals surface area (Å²) in [5, 5.41) is 6.23. The van der Waals surface area contributed by atoms with Crippen molar-refractivity contribution in [2.24, 2.45) is 5.92 Å². The molecule has 0 aliphatic carbocycles. The van der Waals surface area contributed by atoms with Gasteiger partial charge in [0.1, 0.15) is 0 Å². The molecule has 0 radical (unpaired) electrons. The third-order valence-electron chi connectivity index (χ3n) is 2.90. The monoisotopic (exact) mass is 234 g/mol. The van der Waals surface area contributed by atoms with Crippen LogP contribution in [-0.2, 0) is 11.3 Å². The van der Waals surface area contributed by atoms with Gasteiger partial charge in [0, 0.05) is 25.2 Å². The van der Waals surface area contributed by atoms with Gasteiger partial charge in [0.25, 0.3) is 0 Å². The second-order valence-corrected chi connectivity index (χ2v) is 4.79. The van der Waals surface area contributed by atoms with Crippen molar-refractivity contribution in [2.45, 2.75) is 40.3 Å². The smallest absolute Gasteiger partial charge is 0.221 e. The maximum absolute atomic E-state index is 10.9. The Kier molecular flexibility index (Phi) is 5.16. The van der Waals surface area contributed by atoms with Crippen LogP contribution in [0.5, 0.6) is 0 Å². The first kappa shape index (κ1) is 13.7. The highest BCUT2D eigenvalue weighted by Gasteiger charge is 2.05. The fourth-order valence-corrected chi connectivity index (χ4v) is 1.42. The van der Waals surface area contributed by atoms with Gasteiger partial charge in [0.15, 0.2) is 0 Å². The molecule has 0 spiro atoms. The van der Waals surface area contributed by atoms with Gasteiger partial charge in [0.05, 0.1) is 0 Å². The minimum Gasteiger partial charge on any atom is -0.326 e. The first-order valence-corrected chi connectivity index (χ1v) is 6.09. The Morgan fingerprint density at radius 1 is 1.18 bits per heavy atom. The number of benzene rings is 1. The van der Waals surface area contributed by atoms with Gasteiger partial charge in [-0.2, -0.15) is 0 Å². The summed E-state index contributed by atoms with van der Waals surface area (Å²) < 4.78 is 0. The summed E-state index contributed by atoms with van der Waals surface area (Å²) in [6, 6.07) is 8.43. The van der Waals surface area contributed by atoms with E-state index < -0.39 is 0 Å². The topological polar surface area (TPSA) is 41.1 Å². The van der Waals surface area contributed by atoms with E-state index in [2.05, 4.69) is 31.4 Å². The van der Waals surface area contributed by atoms with Gasteiger partial charge in [-0.3, -0.25) is 4.79 Å². The highest BCUT2D eigenvalue weighted by molar-refractivity contribution is 5.88. The van der Waals surface area contributed by atoms with E-state index in [-0.39, 0.29) is 5.91 Å². The predicted octanol–water partition coefficient (Wildman–Crippen LogP) is 2.78. The molecule has 0 bridgehead atoms. The lowest BCUT2D eigenvalue weighted by Crippen LogP contribution is -2.30. The molecule has 2 N–H and O–H groups in total. The zero-order valence-corrected chi connectivity index (χ0v) is 11.1. The first-order valence-electron chi connectivity index (χ1n) is 6.09. The molecule has 0 saturated carbocycles. The average Bonchev–Trinajstić information content (AvgIpc) is 2.26. The Labute approximate surface area is 104 Å². The number of rotatable bonds is 5. The lowest BCUT2D eigenvalue weighted by molar-refractivity contribution is -0.114. The molecule has 0 fully saturated rings. The van der Waals surface area contributed by atoms with E-state index in [9.17, 15) is 4.79 Å². The lowest BCUT2D eigenvalue weighted by atomic mass is 10.1. The van der Waals surface area contributed by atoms with E-state index in [0.717, 1.165) is 12.2 Å². The summed E-state index contributed by atoms with van der Waals surface area (Å²) in [6.45, 7) is 8.98. The summed E-state index contributed by atoms with van der Waals surface area (Å²) in [5.74, 6) is 0.595. The molecule has 0 heterocycles. The van der Waals surface area contributed by atoms with Gasteiger partial charge in [-0.25, -0.2) is 0 Å². The maximum Gasteiger partial charge on any atom is 0.221 e. The van der Waals surface area contributed by atoms with Crippen molar-refractivity contribution in [3.05, 3.63) is 29.8 Å². The molecule has 17 heavy (non-hydrogen) atoms. The summed E-state index contributed by atoms with van der Waals surface area (Å²) in [4.78, 5) is 10.9. The summed E-state index contributed by atoms with van der Waals surface area (Å²) in [7, 11) is 0. The largest absolute Gasteiger partial charge is 0.326 e. The van der Waals surface area contributed by atoms with Crippen LogP contribution in [0, 0.1) is 5.92 Å². The lowest BCUT2D eigenvalue weighted by Gasteiger charge is -2.17. The van der Waals surface area contributed by atoms with Crippen LogP contribution in [0.3, 0.4) is 0 Å². The van der Waals surface area contributed by atoms with Crippen molar-refractivity contribution in [1.29, 1.82) is 0 Å². The van der Waals surface area contributed by atoms with Crippen LogP contribution in [0.1, 0.15) is 33.3 Å². The van der Waals surface area contributed by atoms with E-state index in [0.29, 0.717) is 12.0 Å². The zero-order valence-electron chi connectivity index (χ0n) is 11.1. The van der Waals surface area contributed by atoms with E-state index in [1.807, 2.05) is 24.3 Å². The molecule has 94 valence electrons. The second kappa shape index (κ2) is 6.40. The van der Waals surface area contributed by atoms with Crippen molar-refractivity contribution < 1.29 is 4.79 Å². The summed E-state index contributed by atoms with van der Waals surface area (Å²) in [5.41, 5.74) is 2.07. The third-order valence-corrected chi connectivity index (χ3v) is 2.90. The molecule has 0 aliphatic heterocycles. The molecule has 1 rings (SSSR count). The number of nitrogens with one attached hydrogen (secondary N) is 2. The van der Waals surface area contributed by atoms with Crippen molar-refractivity contribution in [1.82, 2.24) is 5.32 Å². The fraction of sp³-hybridized carbons (Fsp3) is 0.500. The molecule has 1 atom stereocenters. The van der Waals surface area contributed by atoms with Gasteiger partial charge >= 0.3 is 0 Å². The Morgan fingerprint density at radius 2 is 1.76 bits per heavy atom. The van der Waals surface area contributed by atoms with Crippen LogP contribution in [0.15, 0.2) is 24.3 Å². The number of amides is 1. The van der Waals surface area contributed by atoms with Crippen molar-refractivity contribution in [3.63, 3.8) is 0 Å². The van der Waals surface area contributed by atoms with Gasteiger partial charge < -0.3 is 10.6 Å². The van der Waals surface area contributed by atoms with Gasteiger partial charge in [-0.05, 0) is 30.5 Å². The summed E-state index contributed by atoms with van der Waals surface area (Å²) in [6.07, 6.45) is 0. The van der Waals surface area contributed by atoms with Crippen LogP contribution in [0.25, 0.3) is 0 Å². The first-order chi connectivity index (χ1) is 7.99. The van der Waals surface area contributed by atoms with Crippen molar-refractivity contribution >= 4 is 11.6 Å². The van der Waals surface area contributed by atoms with Crippen LogP contribution in [0.4, 0.5) is 5.69 Å². The molecule has 0 aliphatic rings. The molecule has 1 amide bonds. The molecule has 3 nitrogen and oxygen atoms in total. The van der Waals surface area contributed by atoms with Gasteiger partial charge in [0.2, 0.25) is 5.91 Å². The number of hydrogen-bond acceptors (Lipinski definition) is 2. The van der Waals surface area contributed by atoms with E-state index in [1.54, 1.807) is 0 Å².